The first-order valence-corrected chi connectivity index (χ1v) is 7.71. The Morgan fingerprint density at radius 2 is 1.96 bits per heavy atom. The van der Waals surface area contributed by atoms with E-state index in [0.717, 1.165) is 0 Å². The normalized spacial score (nSPS) is 14.0. The summed E-state index contributed by atoms with van der Waals surface area (Å²) in [6.07, 6.45) is 3.21. The van der Waals surface area contributed by atoms with Crippen LogP contribution >= 0.6 is 0 Å². The largest absolute Gasteiger partial charge is 0.444 e. The molecule has 0 saturated heterocycles. The highest BCUT2D eigenvalue weighted by molar-refractivity contribution is 5.68. The predicted octanol–water partition coefficient (Wildman–Crippen LogP) is 2.60. The molecular formula is C16H22N4O4. The van der Waals surface area contributed by atoms with E-state index in [9.17, 15) is 9.90 Å². The second-order valence-electron chi connectivity index (χ2n) is 6.39. The molecule has 0 fully saturated rings. The van der Waals surface area contributed by atoms with Crippen LogP contribution in [0.25, 0.3) is 11.5 Å². The highest BCUT2D eigenvalue weighted by atomic mass is 16.6. The molecule has 1 amide bonds. The first-order valence-electron chi connectivity index (χ1n) is 7.71. The molecule has 0 aliphatic heterocycles. The molecule has 0 aromatic carbocycles. The number of pyridine rings is 1. The number of hydrogen-bond acceptors (Lipinski definition) is 7. The van der Waals surface area contributed by atoms with Gasteiger partial charge in [-0.15, -0.1) is 10.2 Å². The molecule has 130 valence electrons. The van der Waals surface area contributed by atoms with E-state index in [4.69, 9.17) is 9.15 Å². The number of hydrogen-bond donors (Lipinski definition) is 2. The number of amides is 1. The molecule has 0 radical (unpaired) electrons. The van der Waals surface area contributed by atoms with Crippen molar-refractivity contribution in [3.05, 3.63) is 30.4 Å². The number of nitrogens with zero attached hydrogens (tertiary/aromatic N) is 3. The standard InChI is InChI=1S/C16H22N4O4/c1-5-8-16(22,18-14(21)24-15(2,3)4)13-20-19-12(23-13)11-6-9-17-10-7-11/h6-7,9-10,22H,5,8H2,1-4H3,(H,18,21). The van der Waals surface area contributed by atoms with Gasteiger partial charge in [0.15, 0.2) is 0 Å². The minimum Gasteiger partial charge on any atom is -0.444 e. The lowest BCUT2D eigenvalue weighted by molar-refractivity contribution is -0.0416. The Morgan fingerprint density at radius 1 is 1.29 bits per heavy atom. The van der Waals surface area contributed by atoms with Crippen molar-refractivity contribution in [2.75, 3.05) is 0 Å². The molecule has 2 aromatic heterocycles. The first kappa shape index (κ1) is 17.9. The second-order valence-corrected chi connectivity index (χ2v) is 6.39. The summed E-state index contributed by atoms with van der Waals surface area (Å²) in [6, 6.07) is 3.41. The van der Waals surface area contributed by atoms with E-state index >= 15 is 0 Å². The van der Waals surface area contributed by atoms with Gasteiger partial charge < -0.3 is 14.3 Å². The summed E-state index contributed by atoms with van der Waals surface area (Å²) in [5.41, 5.74) is -1.82. The summed E-state index contributed by atoms with van der Waals surface area (Å²) in [5.74, 6) is 0.134. The third-order valence-corrected chi connectivity index (χ3v) is 3.03. The van der Waals surface area contributed by atoms with Crippen molar-refractivity contribution in [1.82, 2.24) is 20.5 Å². The molecule has 24 heavy (non-hydrogen) atoms. The number of rotatable bonds is 5. The summed E-state index contributed by atoms with van der Waals surface area (Å²) < 4.78 is 10.7. The van der Waals surface area contributed by atoms with Crippen LogP contribution in [0, 0.1) is 0 Å². The fraction of sp³-hybridized carbons (Fsp3) is 0.500. The molecule has 2 heterocycles. The summed E-state index contributed by atoms with van der Waals surface area (Å²) in [4.78, 5) is 15.9. The molecule has 0 aliphatic rings. The van der Waals surface area contributed by atoms with E-state index in [1.54, 1.807) is 45.3 Å². The Morgan fingerprint density at radius 3 is 2.54 bits per heavy atom. The third kappa shape index (κ3) is 4.51. The van der Waals surface area contributed by atoms with Gasteiger partial charge in [-0.05, 0) is 32.9 Å². The molecule has 2 N–H and O–H groups in total. The number of nitrogens with one attached hydrogen (secondary N) is 1. The summed E-state index contributed by atoms with van der Waals surface area (Å²) >= 11 is 0. The number of aromatic nitrogens is 3. The average Bonchev–Trinajstić information content (AvgIpc) is 2.96. The number of ether oxygens (including phenoxy) is 1. The van der Waals surface area contributed by atoms with E-state index in [1.807, 2.05) is 6.92 Å². The van der Waals surface area contributed by atoms with E-state index in [-0.39, 0.29) is 18.2 Å². The van der Waals surface area contributed by atoms with Crippen LogP contribution in [-0.2, 0) is 10.5 Å². The van der Waals surface area contributed by atoms with Gasteiger partial charge in [0.05, 0.1) is 0 Å². The van der Waals surface area contributed by atoms with E-state index in [0.29, 0.717) is 12.0 Å². The van der Waals surface area contributed by atoms with Crippen molar-refractivity contribution in [2.45, 2.75) is 51.9 Å². The molecule has 0 bridgehead atoms. The van der Waals surface area contributed by atoms with E-state index < -0.39 is 17.4 Å². The van der Waals surface area contributed by atoms with Crippen molar-refractivity contribution in [3.63, 3.8) is 0 Å². The highest BCUT2D eigenvalue weighted by Gasteiger charge is 2.38. The van der Waals surface area contributed by atoms with E-state index in [2.05, 4.69) is 20.5 Å². The van der Waals surface area contributed by atoms with Gasteiger partial charge in [0.2, 0.25) is 11.6 Å². The quantitative estimate of drug-likeness (QED) is 0.808. The average molecular weight is 334 g/mol. The van der Waals surface area contributed by atoms with Crippen LogP contribution in [0.5, 0.6) is 0 Å². The monoisotopic (exact) mass is 334 g/mol. The molecule has 8 nitrogen and oxygen atoms in total. The topological polar surface area (TPSA) is 110 Å². The number of carbonyl (C=O) groups is 1. The van der Waals surface area contributed by atoms with Gasteiger partial charge in [0, 0.05) is 24.4 Å². The smallest absolute Gasteiger partial charge is 0.410 e. The zero-order valence-electron chi connectivity index (χ0n) is 14.2. The number of alkyl carbamates (subject to hydrolysis) is 1. The van der Waals surface area contributed by atoms with Crippen molar-refractivity contribution in [1.29, 1.82) is 0 Å². The van der Waals surface area contributed by atoms with Gasteiger partial charge in [-0.25, -0.2) is 4.79 Å². The van der Waals surface area contributed by atoms with Crippen LogP contribution in [0.15, 0.2) is 28.9 Å². The molecule has 1 atom stereocenters. The van der Waals surface area contributed by atoms with Crippen LogP contribution in [-0.4, -0.2) is 32.0 Å². The second kappa shape index (κ2) is 6.96. The summed E-state index contributed by atoms with van der Waals surface area (Å²) in [5, 5.41) is 21.0. The van der Waals surface area contributed by atoms with Gasteiger partial charge in [0.25, 0.3) is 5.89 Å². The zero-order chi connectivity index (χ0) is 17.8. The van der Waals surface area contributed by atoms with Crippen molar-refractivity contribution >= 4 is 6.09 Å². The maximum Gasteiger partial charge on any atom is 0.410 e. The van der Waals surface area contributed by atoms with Crippen LogP contribution in [0.2, 0.25) is 0 Å². The molecule has 2 rings (SSSR count). The zero-order valence-corrected chi connectivity index (χ0v) is 14.2. The number of aliphatic hydroxyl groups is 1. The number of carbonyl (C=O) groups excluding carboxylic acids is 1. The lowest BCUT2D eigenvalue weighted by Crippen LogP contribution is -2.48. The van der Waals surface area contributed by atoms with E-state index in [1.165, 1.54) is 0 Å². The molecule has 0 saturated carbocycles. The molecule has 0 spiro atoms. The fourth-order valence-electron chi connectivity index (χ4n) is 2.06. The molecular weight excluding hydrogens is 312 g/mol. The van der Waals surface area contributed by atoms with Gasteiger partial charge >= 0.3 is 6.09 Å². The fourth-order valence-corrected chi connectivity index (χ4v) is 2.06. The first-order chi connectivity index (χ1) is 11.2. The summed E-state index contributed by atoms with van der Waals surface area (Å²) in [7, 11) is 0. The lowest BCUT2D eigenvalue weighted by Gasteiger charge is -2.27. The third-order valence-electron chi connectivity index (χ3n) is 3.03. The van der Waals surface area contributed by atoms with Crippen LogP contribution in [0.4, 0.5) is 4.79 Å². The molecule has 1 unspecified atom stereocenters. The van der Waals surface area contributed by atoms with Gasteiger partial charge in [-0.2, -0.15) is 0 Å². The SMILES string of the molecule is CCCC(O)(NC(=O)OC(C)(C)C)c1nnc(-c2ccncc2)o1. The lowest BCUT2D eigenvalue weighted by atomic mass is 10.1. The molecule has 2 aromatic rings. The van der Waals surface area contributed by atoms with Gasteiger partial charge in [-0.1, -0.05) is 13.3 Å². The maximum atomic E-state index is 12.0. The van der Waals surface area contributed by atoms with Crippen molar-refractivity contribution < 1.29 is 19.1 Å². The molecule has 0 aliphatic carbocycles. The van der Waals surface area contributed by atoms with Crippen LogP contribution < -0.4 is 5.32 Å². The summed E-state index contributed by atoms with van der Waals surface area (Å²) in [6.45, 7) is 7.07. The minimum absolute atomic E-state index is 0.0954. The molecule has 8 heteroatoms. The van der Waals surface area contributed by atoms with Crippen LogP contribution in [0.1, 0.15) is 46.4 Å². The Balaban J connectivity index is 2.23. The van der Waals surface area contributed by atoms with Crippen LogP contribution in [0.3, 0.4) is 0 Å². The minimum atomic E-state index is -1.80. The van der Waals surface area contributed by atoms with Gasteiger partial charge in [0.1, 0.15) is 5.60 Å². The Bertz CT molecular complexity index is 681. The van der Waals surface area contributed by atoms with Crippen molar-refractivity contribution in [2.24, 2.45) is 0 Å². The Kier molecular flexibility index (Phi) is 5.18. The Hall–Kier alpha value is -2.48. The highest BCUT2D eigenvalue weighted by Crippen LogP contribution is 2.26. The Labute approximate surface area is 140 Å². The van der Waals surface area contributed by atoms with Crippen molar-refractivity contribution in [3.8, 4) is 11.5 Å². The van der Waals surface area contributed by atoms with Gasteiger partial charge in [-0.3, -0.25) is 10.3 Å². The predicted molar refractivity (Wildman–Crippen MR) is 85.7 cm³/mol. The maximum absolute atomic E-state index is 12.0.